The summed E-state index contributed by atoms with van der Waals surface area (Å²) >= 11 is 0. The molecule has 0 bridgehead atoms. The van der Waals surface area contributed by atoms with Gasteiger partial charge in [-0.25, -0.2) is 18.0 Å². The molecule has 0 aliphatic heterocycles. The maximum atomic E-state index is 13.3. The van der Waals surface area contributed by atoms with E-state index in [4.69, 9.17) is 0 Å². The van der Waals surface area contributed by atoms with Gasteiger partial charge < -0.3 is 4.74 Å². The van der Waals surface area contributed by atoms with Gasteiger partial charge in [-0.3, -0.25) is 4.79 Å². The van der Waals surface area contributed by atoms with Crippen LogP contribution in [0.4, 0.5) is 13.2 Å². The summed E-state index contributed by atoms with van der Waals surface area (Å²) in [6.07, 6.45) is 0. The van der Waals surface area contributed by atoms with Crippen molar-refractivity contribution in [3.8, 4) is 0 Å². The van der Waals surface area contributed by atoms with Crippen molar-refractivity contribution in [3.05, 3.63) is 47.3 Å². The Morgan fingerprint density at radius 2 is 1.72 bits per heavy atom. The first-order valence-electron chi connectivity index (χ1n) is 4.93. The van der Waals surface area contributed by atoms with Gasteiger partial charge >= 0.3 is 5.97 Å². The number of hydrogen-bond acceptors (Lipinski definition) is 3. The van der Waals surface area contributed by atoms with Gasteiger partial charge in [-0.15, -0.1) is 0 Å². The van der Waals surface area contributed by atoms with Crippen molar-refractivity contribution in [1.82, 2.24) is 0 Å². The number of ketones is 1. The molecule has 0 atom stereocenters. The Bertz CT molecular complexity index is 524. The molecule has 1 aromatic carbocycles. The number of ether oxygens (including phenoxy) is 1. The average Bonchev–Trinajstić information content (AvgIpc) is 2.32. The lowest BCUT2D eigenvalue weighted by Gasteiger charge is -2.06. The lowest BCUT2D eigenvalue weighted by Crippen LogP contribution is -2.16. The summed E-state index contributed by atoms with van der Waals surface area (Å²) in [6.45, 7) is 4.65. The highest BCUT2D eigenvalue weighted by atomic mass is 19.2. The van der Waals surface area contributed by atoms with Crippen molar-refractivity contribution < 1.29 is 27.5 Å². The minimum absolute atomic E-state index is 0.00535. The van der Waals surface area contributed by atoms with Gasteiger partial charge in [0.2, 0.25) is 5.78 Å². The largest absolute Gasteiger partial charge is 0.462 e. The van der Waals surface area contributed by atoms with E-state index in [1.54, 1.807) is 0 Å². The molecule has 0 saturated heterocycles. The standard InChI is InChI=1S/C12H9F3O3/c1-3-18-12(17)6(2)11(16)7-4-9(14)10(15)5-8(7)13/h4-5H,2-3H2,1H3. The summed E-state index contributed by atoms with van der Waals surface area (Å²) in [4.78, 5) is 22.8. The van der Waals surface area contributed by atoms with Crippen LogP contribution >= 0.6 is 0 Å². The first-order valence-corrected chi connectivity index (χ1v) is 4.93. The van der Waals surface area contributed by atoms with Crippen molar-refractivity contribution >= 4 is 11.8 Å². The molecule has 0 N–H and O–H groups in total. The first-order chi connectivity index (χ1) is 8.38. The zero-order valence-corrected chi connectivity index (χ0v) is 9.43. The van der Waals surface area contributed by atoms with Crippen LogP contribution in [0, 0.1) is 17.5 Å². The zero-order chi connectivity index (χ0) is 13.9. The topological polar surface area (TPSA) is 43.4 Å². The zero-order valence-electron chi connectivity index (χ0n) is 9.43. The number of esters is 1. The van der Waals surface area contributed by atoms with Gasteiger partial charge in [-0.2, -0.15) is 0 Å². The predicted molar refractivity (Wildman–Crippen MR) is 56.4 cm³/mol. The molecule has 0 radical (unpaired) electrons. The molecule has 0 amide bonds. The fourth-order valence-corrected chi connectivity index (χ4v) is 1.17. The van der Waals surface area contributed by atoms with Crippen LogP contribution in [0.3, 0.4) is 0 Å². The molecule has 0 aliphatic carbocycles. The summed E-state index contributed by atoms with van der Waals surface area (Å²) in [5.74, 6) is -6.27. The van der Waals surface area contributed by atoms with Crippen LogP contribution in [0.15, 0.2) is 24.3 Å². The number of benzene rings is 1. The van der Waals surface area contributed by atoms with Crippen LogP contribution in [0.1, 0.15) is 17.3 Å². The highest BCUT2D eigenvalue weighted by molar-refractivity contribution is 6.23. The molecule has 0 saturated carbocycles. The van der Waals surface area contributed by atoms with Gasteiger partial charge in [0.15, 0.2) is 11.6 Å². The Morgan fingerprint density at radius 3 is 2.28 bits per heavy atom. The summed E-state index contributed by atoms with van der Waals surface area (Å²) in [5, 5.41) is 0. The van der Waals surface area contributed by atoms with E-state index in [9.17, 15) is 22.8 Å². The van der Waals surface area contributed by atoms with Crippen LogP contribution < -0.4 is 0 Å². The molecule has 1 aromatic rings. The first kappa shape index (κ1) is 14.0. The van der Waals surface area contributed by atoms with Gasteiger partial charge in [-0.1, -0.05) is 6.58 Å². The summed E-state index contributed by atoms with van der Waals surface area (Å²) in [7, 11) is 0. The van der Waals surface area contributed by atoms with Crippen LogP contribution in [0.5, 0.6) is 0 Å². The SMILES string of the molecule is C=C(C(=O)OCC)C(=O)c1cc(F)c(F)cc1F. The van der Waals surface area contributed by atoms with Crippen molar-refractivity contribution in [2.75, 3.05) is 6.61 Å². The molecule has 0 fully saturated rings. The molecule has 0 aliphatic rings. The molecule has 6 heteroatoms. The van der Waals surface area contributed by atoms with Crippen LogP contribution in [0.25, 0.3) is 0 Å². The molecule has 0 spiro atoms. The Kier molecular flexibility index (Phi) is 4.25. The van der Waals surface area contributed by atoms with E-state index in [1.807, 2.05) is 0 Å². The van der Waals surface area contributed by atoms with Gasteiger partial charge in [0.1, 0.15) is 11.4 Å². The fourth-order valence-electron chi connectivity index (χ4n) is 1.17. The van der Waals surface area contributed by atoms with E-state index < -0.39 is 40.3 Å². The smallest absolute Gasteiger partial charge is 0.341 e. The second-order valence-corrected chi connectivity index (χ2v) is 3.27. The number of carbonyl (C=O) groups excluding carboxylic acids is 2. The maximum absolute atomic E-state index is 13.3. The second-order valence-electron chi connectivity index (χ2n) is 3.27. The van der Waals surface area contributed by atoms with Crippen molar-refractivity contribution in [3.63, 3.8) is 0 Å². The van der Waals surface area contributed by atoms with Crippen molar-refractivity contribution in [1.29, 1.82) is 0 Å². The van der Waals surface area contributed by atoms with Gasteiger partial charge in [0.05, 0.1) is 12.2 Å². The number of halogens is 3. The molecule has 96 valence electrons. The number of hydrogen-bond donors (Lipinski definition) is 0. The normalized spacial score (nSPS) is 10.0. The van der Waals surface area contributed by atoms with E-state index in [1.165, 1.54) is 6.92 Å². The Balaban J connectivity index is 3.08. The molecule has 1 rings (SSSR count). The number of rotatable bonds is 4. The third-order valence-corrected chi connectivity index (χ3v) is 2.05. The van der Waals surface area contributed by atoms with E-state index in [2.05, 4.69) is 11.3 Å². The van der Waals surface area contributed by atoms with Crippen molar-refractivity contribution in [2.24, 2.45) is 0 Å². The van der Waals surface area contributed by atoms with Gasteiger partial charge in [0, 0.05) is 6.07 Å². The molecular weight excluding hydrogens is 249 g/mol. The van der Waals surface area contributed by atoms with Crippen molar-refractivity contribution in [2.45, 2.75) is 6.92 Å². The van der Waals surface area contributed by atoms with Crippen LogP contribution in [0.2, 0.25) is 0 Å². The highest BCUT2D eigenvalue weighted by Gasteiger charge is 2.23. The average molecular weight is 258 g/mol. The molecule has 0 heterocycles. The molecule has 0 unspecified atom stereocenters. The molecule has 18 heavy (non-hydrogen) atoms. The lowest BCUT2D eigenvalue weighted by atomic mass is 10.0. The van der Waals surface area contributed by atoms with Crippen LogP contribution in [-0.4, -0.2) is 18.4 Å². The third kappa shape index (κ3) is 2.77. The Labute approximate surface area is 101 Å². The molecule has 3 nitrogen and oxygen atoms in total. The number of Topliss-reactive ketones (excluding diaryl/α,β-unsaturated/α-hetero) is 1. The second kappa shape index (κ2) is 5.48. The van der Waals surface area contributed by atoms with E-state index in [-0.39, 0.29) is 12.7 Å². The Hall–Kier alpha value is -2.11. The summed E-state index contributed by atoms with van der Waals surface area (Å²) < 4.78 is 43.3. The fraction of sp³-hybridized carbons (Fsp3) is 0.167. The summed E-state index contributed by atoms with van der Waals surface area (Å²) in [6, 6.07) is 0.596. The monoisotopic (exact) mass is 258 g/mol. The van der Waals surface area contributed by atoms with E-state index >= 15 is 0 Å². The van der Waals surface area contributed by atoms with E-state index in [0.717, 1.165) is 0 Å². The predicted octanol–water partition coefficient (Wildman–Crippen LogP) is 2.41. The molecule has 0 aromatic heterocycles. The Morgan fingerprint density at radius 1 is 1.17 bits per heavy atom. The maximum Gasteiger partial charge on any atom is 0.341 e. The minimum atomic E-state index is -1.43. The van der Waals surface area contributed by atoms with Gasteiger partial charge in [0.25, 0.3) is 0 Å². The van der Waals surface area contributed by atoms with Gasteiger partial charge in [-0.05, 0) is 13.0 Å². The minimum Gasteiger partial charge on any atom is -0.462 e. The lowest BCUT2D eigenvalue weighted by molar-refractivity contribution is -0.138. The highest BCUT2D eigenvalue weighted by Crippen LogP contribution is 2.17. The molecular formula is C12H9F3O3. The quantitative estimate of drug-likeness (QED) is 0.208. The van der Waals surface area contributed by atoms with E-state index in [0.29, 0.717) is 6.07 Å². The third-order valence-electron chi connectivity index (χ3n) is 2.05. The summed E-state index contributed by atoms with van der Waals surface area (Å²) in [5.41, 5.74) is -1.42. The number of carbonyl (C=O) groups is 2. The van der Waals surface area contributed by atoms with Crippen LogP contribution in [-0.2, 0) is 9.53 Å².